The Bertz CT molecular complexity index is 622. The first-order valence-corrected chi connectivity index (χ1v) is 10.1. The van der Waals surface area contributed by atoms with Gasteiger partial charge in [-0.25, -0.2) is 0 Å². The van der Waals surface area contributed by atoms with Crippen molar-refractivity contribution in [1.29, 1.82) is 0 Å². The number of nitrogens with one attached hydrogen (secondary N) is 1. The fourth-order valence-corrected chi connectivity index (χ4v) is 5.05. The maximum absolute atomic E-state index is 12.3. The minimum atomic E-state index is 0.0929. The number of fused-ring (bicyclic) bond motifs is 1. The van der Waals surface area contributed by atoms with Crippen LogP contribution >= 0.6 is 0 Å². The van der Waals surface area contributed by atoms with Crippen molar-refractivity contribution in [2.24, 2.45) is 0 Å². The van der Waals surface area contributed by atoms with Crippen LogP contribution in [0.15, 0.2) is 18.2 Å². The zero-order valence-electron chi connectivity index (χ0n) is 15.5. The summed E-state index contributed by atoms with van der Waals surface area (Å²) in [5, 5.41) is 2.87. The first-order chi connectivity index (χ1) is 12.3. The molecule has 2 aliphatic heterocycles. The van der Waals surface area contributed by atoms with Gasteiger partial charge in [0, 0.05) is 31.9 Å². The van der Waals surface area contributed by atoms with Crippen LogP contribution in [0.1, 0.15) is 49.7 Å². The third-order valence-electron chi connectivity index (χ3n) is 6.47. The molecular weight excluding hydrogens is 310 g/mol. The Morgan fingerprint density at radius 1 is 1.00 bits per heavy atom. The van der Waals surface area contributed by atoms with E-state index in [-0.39, 0.29) is 11.9 Å². The van der Waals surface area contributed by atoms with Gasteiger partial charge in [0.05, 0.1) is 6.04 Å². The quantitative estimate of drug-likeness (QED) is 0.918. The molecule has 136 valence electrons. The summed E-state index contributed by atoms with van der Waals surface area (Å²) in [7, 11) is 1.77. The first kappa shape index (κ1) is 16.9. The molecule has 4 rings (SSSR count). The van der Waals surface area contributed by atoms with Crippen LogP contribution in [0.3, 0.4) is 0 Å². The van der Waals surface area contributed by atoms with Gasteiger partial charge in [-0.2, -0.15) is 0 Å². The summed E-state index contributed by atoms with van der Waals surface area (Å²) in [4.78, 5) is 17.3. The predicted octanol–water partition coefficient (Wildman–Crippen LogP) is 2.74. The van der Waals surface area contributed by atoms with Gasteiger partial charge in [0.15, 0.2) is 0 Å². The van der Waals surface area contributed by atoms with Gasteiger partial charge in [0.2, 0.25) is 5.91 Å². The molecule has 1 unspecified atom stereocenters. The molecule has 1 N–H and O–H groups in total. The maximum Gasteiger partial charge on any atom is 0.237 e. The average molecular weight is 341 g/mol. The van der Waals surface area contributed by atoms with Gasteiger partial charge in [-0.3, -0.25) is 9.69 Å². The summed E-state index contributed by atoms with van der Waals surface area (Å²) in [5.74, 6) is 0.209. The van der Waals surface area contributed by atoms with E-state index in [2.05, 4.69) is 33.3 Å². The van der Waals surface area contributed by atoms with Crippen LogP contribution in [0, 0.1) is 0 Å². The molecule has 0 saturated carbocycles. The number of likely N-dealkylation sites (N-methyl/N-ethyl adjacent to an activating group) is 1. The molecule has 1 aromatic rings. The Hall–Kier alpha value is -1.55. The number of anilines is 1. The molecule has 4 nitrogen and oxygen atoms in total. The monoisotopic (exact) mass is 341 g/mol. The van der Waals surface area contributed by atoms with Crippen LogP contribution in [0.4, 0.5) is 5.69 Å². The van der Waals surface area contributed by atoms with Crippen molar-refractivity contribution in [1.82, 2.24) is 10.2 Å². The summed E-state index contributed by atoms with van der Waals surface area (Å²) >= 11 is 0. The van der Waals surface area contributed by atoms with Crippen molar-refractivity contribution < 1.29 is 4.79 Å². The molecule has 2 heterocycles. The van der Waals surface area contributed by atoms with E-state index in [1.54, 1.807) is 18.2 Å². The normalized spacial score (nSPS) is 25.0. The van der Waals surface area contributed by atoms with E-state index in [9.17, 15) is 4.79 Å². The minimum absolute atomic E-state index is 0.0929. The molecule has 25 heavy (non-hydrogen) atoms. The van der Waals surface area contributed by atoms with E-state index < -0.39 is 0 Å². The summed E-state index contributed by atoms with van der Waals surface area (Å²) in [6.07, 6.45) is 9.60. The number of carbonyl (C=O) groups excluding carboxylic acids is 1. The van der Waals surface area contributed by atoms with Gasteiger partial charge in [-0.05, 0) is 74.8 Å². The number of amides is 1. The highest BCUT2D eigenvalue weighted by Gasteiger charge is 2.34. The number of piperidine rings is 2. The SMILES string of the molecule is CNC(=O)C1CCCCN1C1CCN(c2ccc3c(c2)CCC3)CC1. The highest BCUT2D eigenvalue weighted by atomic mass is 16.2. The summed E-state index contributed by atoms with van der Waals surface area (Å²) in [6, 6.07) is 7.74. The lowest BCUT2D eigenvalue weighted by Gasteiger charge is -2.44. The molecule has 2 saturated heterocycles. The summed E-state index contributed by atoms with van der Waals surface area (Å²) in [5.41, 5.74) is 4.52. The first-order valence-electron chi connectivity index (χ1n) is 10.1. The maximum atomic E-state index is 12.3. The number of aryl methyl sites for hydroxylation is 2. The van der Waals surface area contributed by atoms with Gasteiger partial charge in [0.25, 0.3) is 0 Å². The fraction of sp³-hybridized carbons (Fsp3) is 0.667. The second kappa shape index (κ2) is 7.36. The molecular formula is C21H31N3O. The Morgan fingerprint density at radius 2 is 1.80 bits per heavy atom. The zero-order valence-corrected chi connectivity index (χ0v) is 15.5. The van der Waals surface area contributed by atoms with Gasteiger partial charge < -0.3 is 10.2 Å². The largest absolute Gasteiger partial charge is 0.371 e. The van der Waals surface area contributed by atoms with Crippen LogP contribution in [0.2, 0.25) is 0 Å². The molecule has 1 aliphatic carbocycles. The molecule has 1 atom stereocenters. The van der Waals surface area contributed by atoms with E-state index in [1.165, 1.54) is 50.6 Å². The molecule has 3 aliphatic rings. The molecule has 0 spiro atoms. The number of carbonyl (C=O) groups is 1. The highest BCUT2D eigenvalue weighted by Crippen LogP contribution is 2.30. The van der Waals surface area contributed by atoms with Crippen LogP contribution in [-0.2, 0) is 17.6 Å². The number of benzene rings is 1. The predicted molar refractivity (Wildman–Crippen MR) is 102 cm³/mol. The molecule has 1 amide bonds. The minimum Gasteiger partial charge on any atom is -0.371 e. The Labute approximate surface area is 151 Å². The standard InChI is InChI=1S/C21H31N3O/c1-22-21(25)20-7-2-3-12-24(20)18-10-13-23(14-11-18)19-9-8-16-5-4-6-17(16)15-19/h8-9,15,18,20H,2-7,10-14H2,1H3,(H,22,25). The summed E-state index contributed by atoms with van der Waals surface area (Å²) < 4.78 is 0. The van der Waals surface area contributed by atoms with E-state index in [4.69, 9.17) is 0 Å². The van der Waals surface area contributed by atoms with Crippen molar-refractivity contribution in [3.63, 3.8) is 0 Å². The third kappa shape index (κ3) is 3.41. The number of hydrogen-bond acceptors (Lipinski definition) is 3. The zero-order chi connectivity index (χ0) is 17.2. The second-order valence-corrected chi connectivity index (χ2v) is 7.89. The Morgan fingerprint density at radius 3 is 2.60 bits per heavy atom. The Kier molecular flexibility index (Phi) is 4.98. The van der Waals surface area contributed by atoms with Crippen molar-refractivity contribution in [3.05, 3.63) is 29.3 Å². The van der Waals surface area contributed by atoms with E-state index in [1.807, 2.05) is 0 Å². The van der Waals surface area contributed by atoms with E-state index in [0.29, 0.717) is 6.04 Å². The molecule has 4 heteroatoms. The lowest BCUT2D eigenvalue weighted by atomic mass is 9.94. The van der Waals surface area contributed by atoms with Gasteiger partial charge in [-0.1, -0.05) is 12.5 Å². The van der Waals surface area contributed by atoms with Gasteiger partial charge >= 0.3 is 0 Å². The molecule has 0 radical (unpaired) electrons. The van der Waals surface area contributed by atoms with Crippen LogP contribution < -0.4 is 10.2 Å². The molecule has 0 bridgehead atoms. The molecule has 0 aromatic heterocycles. The third-order valence-corrected chi connectivity index (χ3v) is 6.47. The molecule has 1 aromatic carbocycles. The second-order valence-electron chi connectivity index (χ2n) is 7.89. The Balaban J connectivity index is 1.40. The van der Waals surface area contributed by atoms with Crippen molar-refractivity contribution in [2.75, 3.05) is 31.6 Å². The molecule has 2 fully saturated rings. The van der Waals surface area contributed by atoms with Gasteiger partial charge in [0.1, 0.15) is 0 Å². The fourth-order valence-electron chi connectivity index (χ4n) is 5.05. The van der Waals surface area contributed by atoms with E-state index in [0.717, 1.165) is 26.1 Å². The number of likely N-dealkylation sites (tertiary alicyclic amines) is 1. The number of nitrogens with zero attached hydrogens (tertiary/aromatic N) is 2. The number of rotatable bonds is 3. The van der Waals surface area contributed by atoms with Crippen LogP contribution in [-0.4, -0.2) is 49.6 Å². The lowest BCUT2D eigenvalue weighted by molar-refractivity contribution is -0.128. The van der Waals surface area contributed by atoms with Crippen molar-refractivity contribution in [3.8, 4) is 0 Å². The topological polar surface area (TPSA) is 35.6 Å². The number of hydrogen-bond donors (Lipinski definition) is 1. The average Bonchev–Trinajstić information content (AvgIpc) is 3.15. The highest BCUT2D eigenvalue weighted by molar-refractivity contribution is 5.81. The summed E-state index contributed by atoms with van der Waals surface area (Å²) in [6.45, 7) is 3.31. The lowest BCUT2D eigenvalue weighted by Crippen LogP contribution is -2.55. The van der Waals surface area contributed by atoms with Crippen LogP contribution in [0.25, 0.3) is 0 Å². The van der Waals surface area contributed by atoms with Crippen LogP contribution in [0.5, 0.6) is 0 Å². The van der Waals surface area contributed by atoms with Gasteiger partial charge in [-0.15, -0.1) is 0 Å². The van der Waals surface area contributed by atoms with Crippen molar-refractivity contribution in [2.45, 2.75) is 63.5 Å². The smallest absolute Gasteiger partial charge is 0.237 e. The van der Waals surface area contributed by atoms with E-state index >= 15 is 0 Å². The van der Waals surface area contributed by atoms with Crippen molar-refractivity contribution >= 4 is 11.6 Å².